The van der Waals surface area contributed by atoms with Crippen molar-refractivity contribution >= 4 is 40.3 Å². The number of rotatable bonds is 6. The van der Waals surface area contributed by atoms with Crippen molar-refractivity contribution in [3.63, 3.8) is 0 Å². The molecule has 0 saturated heterocycles. The first kappa shape index (κ1) is 23.6. The highest BCUT2D eigenvalue weighted by Gasteiger charge is 2.26. The van der Waals surface area contributed by atoms with Crippen molar-refractivity contribution in [1.82, 2.24) is 14.9 Å². The summed E-state index contributed by atoms with van der Waals surface area (Å²) in [4.78, 5) is 24.5. The molecule has 4 rings (SSSR count). The van der Waals surface area contributed by atoms with Crippen LogP contribution in [0, 0.1) is 6.92 Å². The Hall–Kier alpha value is -3.58. The van der Waals surface area contributed by atoms with Crippen LogP contribution in [-0.2, 0) is 6.54 Å². The number of nitrogens with one attached hydrogen (secondary N) is 1. The number of pyridine rings is 2. The van der Waals surface area contributed by atoms with E-state index in [2.05, 4.69) is 27.4 Å². The zero-order chi connectivity index (χ0) is 24.3. The predicted molar refractivity (Wildman–Crippen MR) is 138 cm³/mol. The van der Waals surface area contributed by atoms with E-state index in [1.54, 1.807) is 18.0 Å². The van der Waals surface area contributed by atoms with E-state index in [1.165, 1.54) is 4.90 Å². The van der Waals surface area contributed by atoms with Crippen molar-refractivity contribution in [3.05, 3.63) is 84.2 Å². The average molecular weight is 473 g/mol. The smallest absolute Gasteiger partial charge is 0.408 e. The largest absolute Gasteiger partial charge is 0.465 e. The Morgan fingerprint density at radius 1 is 1.03 bits per heavy atom. The van der Waals surface area contributed by atoms with Gasteiger partial charge in [0.15, 0.2) is 5.65 Å². The second-order valence-corrected chi connectivity index (χ2v) is 10.2. The normalized spacial score (nSPS) is 11.4. The minimum Gasteiger partial charge on any atom is -0.465 e. The van der Waals surface area contributed by atoms with Crippen molar-refractivity contribution in [2.24, 2.45) is 0 Å². The number of anilines is 2. The Balaban J connectivity index is 1.75. The molecule has 2 heterocycles. The number of hydrogen-bond donors (Lipinski definition) is 2. The van der Waals surface area contributed by atoms with Gasteiger partial charge in [-0.05, 0) is 75.7 Å². The third-order valence-electron chi connectivity index (χ3n) is 5.41. The SMILES string of the molecule is Cc1ccc2c(Nc3cc(CN(C(=O)O)C(C)(C)C)ccc3Sc3ccccc3)ccnc2n1. The maximum absolute atomic E-state index is 11.9. The van der Waals surface area contributed by atoms with Crippen LogP contribution in [0.25, 0.3) is 11.0 Å². The molecule has 174 valence electrons. The predicted octanol–water partition coefficient (Wildman–Crippen LogP) is 7.11. The van der Waals surface area contributed by atoms with Crippen LogP contribution in [0.3, 0.4) is 0 Å². The van der Waals surface area contributed by atoms with E-state index in [9.17, 15) is 9.90 Å². The van der Waals surface area contributed by atoms with Crippen LogP contribution in [0.2, 0.25) is 0 Å². The fourth-order valence-electron chi connectivity index (χ4n) is 3.63. The maximum atomic E-state index is 11.9. The molecule has 0 aliphatic heterocycles. The van der Waals surface area contributed by atoms with Crippen molar-refractivity contribution in [3.8, 4) is 0 Å². The Labute approximate surface area is 204 Å². The van der Waals surface area contributed by atoms with E-state index < -0.39 is 11.6 Å². The molecule has 0 radical (unpaired) electrons. The molecule has 0 atom stereocenters. The van der Waals surface area contributed by atoms with Gasteiger partial charge in [0.1, 0.15) is 0 Å². The van der Waals surface area contributed by atoms with Gasteiger partial charge in [0, 0.05) is 39.2 Å². The molecule has 6 nitrogen and oxygen atoms in total. The van der Waals surface area contributed by atoms with Crippen LogP contribution >= 0.6 is 11.8 Å². The van der Waals surface area contributed by atoms with E-state index >= 15 is 0 Å². The minimum absolute atomic E-state index is 0.293. The van der Waals surface area contributed by atoms with Gasteiger partial charge in [-0.15, -0.1) is 0 Å². The van der Waals surface area contributed by atoms with E-state index in [1.807, 2.05) is 82.3 Å². The number of fused-ring (bicyclic) bond motifs is 1. The molecular weight excluding hydrogens is 444 g/mol. The van der Waals surface area contributed by atoms with E-state index in [0.717, 1.165) is 37.8 Å². The quantitative estimate of drug-likeness (QED) is 0.311. The molecule has 2 aromatic heterocycles. The molecule has 4 aromatic rings. The molecular formula is C27H28N4O2S. The average Bonchev–Trinajstić information content (AvgIpc) is 2.78. The van der Waals surface area contributed by atoms with Gasteiger partial charge in [-0.3, -0.25) is 4.90 Å². The second-order valence-electron chi connectivity index (χ2n) is 9.09. The van der Waals surface area contributed by atoms with Crippen LogP contribution in [0.4, 0.5) is 16.2 Å². The summed E-state index contributed by atoms with van der Waals surface area (Å²) in [7, 11) is 0. The summed E-state index contributed by atoms with van der Waals surface area (Å²) in [5, 5.41) is 14.3. The lowest BCUT2D eigenvalue weighted by Gasteiger charge is -2.33. The third kappa shape index (κ3) is 5.48. The summed E-state index contributed by atoms with van der Waals surface area (Å²) in [5.74, 6) is 0. The molecule has 7 heteroatoms. The topological polar surface area (TPSA) is 78.4 Å². The number of hydrogen-bond acceptors (Lipinski definition) is 5. The summed E-state index contributed by atoms with van der Waals surface area (Å²) in [5.41, 5.74) is 3.79. The molecule has 1 amide bonds. The van der Waals surface area contributed by atoms with Crippen molar-refractivity contribution in [1.29, 1.82) is 0 Å². The number of amides is 1. The van der Waals surface area contributed by atoms with Gasteiger partial charge >= 0.3 is 6.09 Å². The van der Waals surface area contributed by atoms with Crippen LogP contribution < -0.4 is 5.32 Å². The van der Waals surface area contributed by atoms with Crippen molar-refractivity contribution < 1.29 is 9.90 Å². The molecule has 0 fully saturated rings. The van der Waals surface area contributed by atoms with Crippen molar-refractivity contribution in [2.75, 3.05) is 5.32 Å². The fourth-order valence-corrected chi connectivity index (χ4v) is 4.53. The first-order valence-electron chi connectivity index (χ1n) is 11.1. The second kappa shape index (κ2) is 9.73. The Morgan fingerprint density at radius 2 is 1.79 bits per heavy atom. The van der Waals surface area contributed by atoms with Crippen LogP contribution in [-0.4, -0.2) is 31.6 Å². The maximum Gasteiger partial charge on any atom is 0.408 e. The van der Waals surface area contributed by atoms with E-state index in [0.29, 0.717) is 12.2 Å². The molecule has 34 heavy (non-hydrogen) atoms. The van der Waals surface area contributed by atoms with Gasteiger partial charge in [-0.2, -0.15) is 0 Å². The lowest BCUT2D eigenvalue weighted by Crippen LogP contribution is -2.44. The van der Waals surface area contributed by atoms with Crippen molar-refractivity contribution in [2.45, 2.75) is 49.6 Å². The lowest BCUT2D eigenvalue weighted by molar-refractivity contribution is 0.0955. The Bertz CT molecular complexity index is 1320. The summed E-state index contributed by atoms with van der Waals surface area (Å²) in [6, 6.07) is 22.2. The lowest BCUT2D eigenvalue weighted by atomic mass is 10.0. The van der Waals surface area contributed by atoms with Crippen LogP contribution in [0.1, 0.15) is 32.0 Å². The summed E-state index contributed by atoms with van der Waals surface area (Å²) in [6.45, 7) is 7.94. The first-order chi connectivity index (χ1) is 16.2. The van der Waals surface area contributed by atoms with Gasteiger partial charge in [0.25, 0.3) is 0 Å². The standard InChI is InChI=1S/C27H28N4O2S/c1-18-10-12-21-22(14-15-28-25(21)29-18)30-23-16-19(17-31(26(32)33)27(2,3)4)11-13-24(23)34-20-8-6-5-7-9-20/h5-16H,17H2,1-4H3,(H,32,33)(H,28,29,30). The van der Waals surface area contributed by atoms with Gasteiger partial charge in [0.05, 0.1) is 11.4 Å². The van der Waals surface area contributed by atoms with Crippen LogP contribution in [0.15, 0.2) is 82.7 Å². The van der Waals surface area contributed by atoms with Crippen LogP contribution in [0.5, 0.6) is 0 Å². The molecule has 0 aliphatic carbocycles. The third-order valence-corrected chi connectivity index (χ3v) is 6.49. The first-order valence-corrected chi connectivity index (χ1v) is 11.9. The Morgan fingerprint density at radius 3 is 2.50 bits per heavy atom. The summed E-state index contributed by atoms with van der Waals surface area (Å²) < 4.78 is 0. The van der Waals surface area contributed by atoms with Gasteiger partial charge in [-0.1, -0.05) is 36.0 Å². The summed E-state index contributed by atoms with van der Waals surface area (Å²) in [6.07, 6.45) is 0.808. The highest BCUT2D eigenvalue weighted by atomic mass is 32.2. The van der Waals surface area contributed by atoms with E-state index in [-0.39, 0.29) is 0 Å². The molecule has 2 aromatic carbocycles. The number of carbonyl (C=O) groups is 1. The highest BCUT2D eigenvalue weighted by molar-refractivity contribution is 7.99. The van der Waals surface area contributed by atoms with Gasteiger partial charge < -0.3 is 10.4 Å². The number of benzene rings is 2. The molecule has 0 aliphatic rings. The fraction of sp³-hybridized carbons (Fsp3) is 0.222. The zero-order valence-electron chi connectivity index (χ0n) is 19.7. The molecule has 0 bridgehead atoms. The number of nitrogens with zero attached hydrogens (tertiary/aromatic N) is 3. The van der Waals surface area contributed by atoms with Gasteiger partial charge in [-0.25, -0.2) is 14.8 Å². The van der Waals surface area contributed by atoms with E-state index in [4.69, 9.17) is 0 Å². The molecule has 2 N–H and O–H groups in total. The molecule has 0 spiro atoms. The summed E-state index contributed by atoms with van der Waals surface area (Å²) >= 11 is 1.66. The van der Waals surface area contributed by atoms with Gasteiger partial charge in [0.2, 0.25) is 0 Å². The zero-order valence-corrected chi connectivity index (χ0v) is 20.6. The Kier molecular flexibility index (Phi) is 6.75. The number of aryl methyl sites for hydroxylation is 1. The molecule has 0 unspecified atom stereocenters. The monoisotopic (exact) mass is 472 g/mol. The number of carboxylic acid groups (broad SMARTS) is 1. The number of aromatic nitrogens is 2. The molecule has 0 saturated carbocycles. The minimum atomic E-state index is -0.939. The highest BCUT2D eigenvalue weighted by Crippen LogP contribution is 2.37.